The van der Waals surface area contributed by atoms with E-state index < -0.39 is 0 Å². The molecule has 5 heteroatoms. The fraction of sp³-hybridized carbons (Fsp3) is 0.550. The SMILES string of the molecule is CCCC/C(=N\NC(=O)CNC(=O)C1CCCCC1)c1ccccc1. The first-order valence-corrected chi connectivity index (χ1v) is 9.39. The van der Waals surface area contributed by atoms with Gasteiger partial charge in [0, 0.05) is 5.92 Å². The van der Waals surface area contributed by atoms with E-state index in [0.29, 0.717) is 0 Å². The van der Waals surface area contributed by atoms with Crippen LogP contribution in [-0.2, 0) is 9.59 Å². The summed E-state index contributed by atoms with van der Waals surface area (Å²) in [5.41, 5.74) is 4.47. The first kappa shape index (κ1) is 19.2. The zero-order valence-electron chi connectivity index (χ0n) is 15.1. The number of carbonyl (C=O) groups excluding carboxylic acids is 2. The van der Waals surface area contributed by atoms with Crippen molar-refractivity contribution in [3.63, 3.8) is 0 Å². The fourth-order valence-electron chi connectivity index (χ4n) is 3.09. The lowest BCUT2D eigenvalue weighted by atomic mass is 9.89. The second kappa shape index (κ2) is 10.6. The molecule has 1 saturated carbocycles. The molecular weight excluding hydrogens is 314 g/mol. The van der Waals surface area contributed by atoms with Crippen LogP contribution in [0.25, 0.3) is 0 Å². The number of carbonyl (C=O) groups is 2. The Balaban J connectivity index is 1.84. The summed E-state index contributed by atoms with van der Waals surface area (Å²) in [6.07, 6.45) is 8.17. The maximum absolute atomic E-state index is 12.1. The molecule has 0 unspecified atom stereocenters. The molecule has 1 aromatic rings. The molecule has 136 valence electrons. The maximum Gasteiger partial charge on any atom is 0.259 e. The van der Waals surface area contributed by atoms with Gasteiger partial charge in [0.15, 0.2) is 0 Å². The van der Waals surface area contributed by atoms with Crippen LogP contribution in [0.2, 0.25) is 0 Å². The van der Waals surface area contributed by atoms with Gasteiger partial charge in [-0.1, -0.05) is 62.9 Å². The van der Waals surface area contributed by atoms with E-state index in [1.807, 2.05) is 30.3 Å². The number of amides is 2. The van der Waals surface area contributed by atoms with Crippen LogP contribution >= 0.6 is 0 Å². The average molecular weight is 343 g/mol. The van der Waals surface area contributed by atoms with Gasteiger partial charge in [0.2, 0.25) is 5.91 Å². The third-order valence-corrected chi connectivity index (χ3v) is 4.59. The number of hydrogen-bond acceptors (Lipinski definition) is 3. The molecule has 1 aliphatic carbocycles. The molecule has 0 atom stereocenters. The minimum absolute atomic E-state index is 0.00639. The molecule has 0 heterocycles. The minimum atomic E-state index is -0.283. The summed E-state index contributed by atoms with van der Waals surface area (Å²) in [5, 5.41) is 7.03. The predicted molar refractivity (Wildman–Crippen MR) is 100 cm³/mol. The van der Waals surface area contributed by atoms with E-state index in [9.17, 15) is 9.59 Å². The Bertz CT molecular complexity index is 578. The van der Waals surface area contributed by atoms with Crippen LogP contribution in [0.1, 0.15) is 63.9 Å². The summed E-state index contributed by atoms with van der Waals surface area (Å²) >= 11 is 0. The van der Waals surface area contributed by atoms with Crippen molar-refractivity contribution < 1.29 is 9.59 Å². The zero-order valence-corrected chi connectivity index (χ0v) is 15.1. The first-order chi connectivity index (χ1) is 12.2. The second-order valence-electron chi connectivity index (χ2n) is 6.62. The summed E-state index contributed by atoms with van der Waals surface area (Å²) < 4.78 is 0. The topological polar surface area (TPSA) is 70.6 Å². The third-order valence-electron chi connectivity index (χ3n) is 4.59. The molecular formula is C20H29N3O2. The Labute approximate surface area is 150 Å². The number of rotatable bonds is 8. The molecule has 1 aromatic carbocycles. The summed E-state index contributed by atoms with van der Waals surface area (Å²) in [6.45, 7) is 2.11. The van der Waals surface area contributed by atoms with E-state index in [1.165, 1.54) is 6.42 Å². The Kier molecular flexibility index (Phi) is 8.16. The van der Waals surface area contributed by atoms with Crippen molar-refractivity contribution in [2.45, 2.75) is 58.3 Å². The second-order valence-corrected chi connectivity index (χ2v) is 6.62. The number of hydrogen-bond donors (Lipinski definition) is 2. The standard InChI is InChI=1S/C20H29N3O2/c1-2-3-14-18(16-10-6-4-7-11-16)22-23-19(24)15-21-20(25)17-12-8-5-9-13-17/h4,6-7,10-11,17H,2-3,5,8-9,12-15H2,1H3,(H,21,25)(H,23,24)/b22-18+. The molecule has 2 rings (SSSR count). The molecule has 0 bridgehead atoms. The largest absolute Gasteiger partial charge is 0.347 e. The van der Waals surface area contributed by atoms with Gasteiger partial charge in [0.1, 0.15) is 0 Å². The Hall–Kier alpha value is -2.17. The molecule has 0 aromatic heterocycles. The number of benzene rings is 1. The molecule has 1 fully saturated rings. The van der Waals surface area contributed by atoms with E-state index in [0.717, 1.165) is 56.2 Å². The summed E-state index contributed by atoms with van der Waals surface area (Å²) in [6, 6.07) is 9.86. The smallest absolute Gasteiger partial charge is 0.259 e. The molecule has 25 heavy (non-hydrogen) atoms. The normalized spacial score (nSPS) is 15.6. The Morgan fingerprint density at radius 1 is 1.12 bits per heavy atom. The van der Waals surface area contributed by atoms with Crippen LogP contribution in [-0.4, -0.2) is 24.1 Å². The lowest BCUT2D eigenvalue weighted by Crippen LogP contribution is -2.39. The molecule has 2 amide bonds. The van der Waals surface area contributed by atoms with Gasteiger partial charge in [-0.2, -0.15) is 5.10 Å². The van der Waals surface area contributed by atoms with Crippen molar-refractivity contribution in [2.24, 2.45) is 11.0 Å². The van der Waals surface area contributed by atoms with Gasteiger partial charge >= 0.3 is 0 Å². The van der Waals surface area contributed by atoms with Gasteiger partial charge in [0.05, 0.1) is 12.3 Å². The number of hydrazone groups is 1. The highest BCUT2D eigenvalue weighted by molar-refractivity contribution is 6.01. The van der Waals surface area contributed by atoms with Gasteiger partial charge in [-0.15, -0.1) is 0 Å². The van der Waals surface area contributed by atoms with Crippen molar-refractivity contribution >= 4 is 17.5 Å². The van der Waals surface area contributed by atoms with Gasteiger partial charge < -0.3 is 5.32 Å². The Morgan fingerprint density at radius 3 is 2.52 bits per heavy atom. The van der Waals surface area contributed by atoms with Gasteiger partial charge in [-0.3, -0.25) is 9.59 Å². The van der Waals surface area contributed by atoms with Crippen molar-refractivity contribution in [1.29, 1.82) is 0 Å². The van der Waals surface area contributed by atoms with Crippen LogP contribution in [0.15, 0.2) is 35.4 Å². The van der Waals surface area contributed by atoms with Crippen LogP contribution < -0.4 is 10.7 Å². The van der Waals surface area contributed by atoms with E-state index >= 15 is 0 Å². The number of nitrogens with one attached hydrogen (secondary N) is 2. The van der Waals surface area contributed by atoms with Crippen LogP contribution in [0.3, 0.4) is 0 Å². The quantitative estimate of drug-likeness (QED) is 0.561. The molecule has 0 aliphatic heterocycles. The van der Waals surface area contributed by atoms with E-state index in [2.05, 4.69) is 22.8 Å². The van der Waals surface area contributed by atoms with Crippen LogP contribution in [0.5, 0.6) is 0 Å². The van der Waals surface area contributed by atoms with E-state index in [1.54, 1.807) is 0 Å². The lowest BCUT2D eigenvalue weighted by molar-refractivity contribution is -0.129. The summed E-state index contributed by atoms with van der Waals surface area (Å²) in [7, 11) is 0. The van der Waals surface area contributed by atoms with Crippen molar-refractivity contribution in [3.8, 4) is 0 Å². The lowest BCUT2D eigenvalue weighted by Gasteiger charge is -2.20. The minimum Gasteiger partial charge on any atom is -0.347 e. The highest BCUT2D eigenvalue weighted by Gasteiger charge is 2.21. The highest BCUT2D eigenvalue weighted by Crippen LogP contribution is 2.23. The van der Waals surface area contributed by atoms with E-state index in [4.69, 9.17) is 0 Å². The van der Waals surface area contributed by atoms with Crippen molar-refractivity contribution in [3.05, 3.63) is 35.9 Å². The van der Waals surface area contributed by atoms with Gasteiger partial charge in [0.25, 0.3) is 5.91 Å². The van der Waals surface area contributed by atoms with Gasteiger partial charge in [-0.05, 0) is 31.2 Å². The predicted octanol–water partition coefficient (Wildman–Crippen LogP) is 3.39. The fourth-order valence-corrected chi connectivity index (χ4v) is 3.09. The summed E-state index contributed by atoms with van der Waals surface area (Å²) in [4.78, 5) is 24.1. The van der Waals surface area contributed by atoms with Crippen LogP contribution in [0, 0.1) is 5.92 Å². The molecule has 0 radical (unpaired) electrons. The van der Waals surface area contributed by atoms with Crippen molar-refractivity contribution in [1.82, 2.24) is 10.7 Å². The number of nitrogens with zero attached hydrogens (tertiary/aromatic N) is 1. The highest BCUT2D eigenvalue weighted by atomic mass is 16.2. The third kappa shape index (κ3) is 6.69. The van der Waals surface area contributed by atoms with Crippen molar-refractivity contribution in [2.75, 3.05) is 6.54 Å². The first-order valence-electron chi connectivity index (χ1n) is 9.39. The average Bonchev–Trinajstić information content (AvgIpc) is 2.67. The van der Waals surface area contributed by atoms with Crippen LogP contribution in [0.4, 0.5) is 0 Å². The summed E-state index contributed by atoms with van der Waals surface area (Å²) in [5.74, 6) is -0.225. The molecule has 2 N–H and O–H groups in total. The Morgan fingerprint density at radius 2 is 1.84 bits per heavy atom. The zero-order chi connectivity index (χ0) is 17.9. The molecule has 1 aliphatic rings. The maximum atomic E-state index is 12.1. The molecule has 5 nitrogen and oxygen atoms in total. The van der Waals surface area contributed by atoms with E-state index in [-0.39, 0.29) is 24.3 Å². The molecule has 0 saturated heterocycles. The number of unbranched alkanes of at least 4 members (excludes halogenated alkanes) is 1. The monoisotopic (exact) mass is 343 g/mol. The van der Waals surface area contributed by atoms with Gasteiger partial charge in [-0.25, -0.2) is 5.43 Å². The molecule has 0 spiro atoms.